The van der Waals surface area contributed by atoms with E-state index >= 15 is 0 Å². The smallest absolute Gasteiger partial charge is 0.268 e. The summed E-state index contributed by atoms with van der Waals surface area (Å²) >= 11 is 1.55. The number of amides is 2. The number of fused-ring (bicyclic) bond motifs is 2. The van der Waals surface area contributed by atoms with Gasteiger partial charge in [-0.2, -0.15) is 0 Å². The highest BCUT2D eigenvalue weighted by atomic mass is 32.2. The molecule has 0 aromatic heterocycles. The number of ether oxygens (including phenoxy) is 1. The van der Waals surface area contributed by atoms with Crippen molar-refractivity contribution in [3.63, 3.8) is 0 Å². The summed E-state index contributed by atoms with van der Waals surface area (Å²) < 4.78 is 5.21. The molecule has 5 rings (SSSR count). The van der Waals surface area contributed by atoms with Crippen molar-refractivity contribution in [1.29, 1.82) is 0 Å². The van der Waals surface area contributed by atoms with Crippen LogP contribution in [-0.4, -0.2) is 36.1 Å². The minimum Gasteiger partial charge on any atom is -0.497 e. The van der Waals surface area contributed by atoms with E-state index in [1.165, 1.54) is 0 Å². The van der Waals surface area contributed by atoms with Gasteiger partial charge in [-0.3, -0.25) is 9.59 Å². The summed E-state index contributed by atoms with van der Waals surface area (Å²) in [5, 5.41) is 0. The van der Waals surface area contributed by atoms with E-state index in [1.54, 1.807) is 48.0 Å². The van der Waals surface area contributed by atoms with Gasteiger partial charge in [-0.25, -0.2) is 0 Å². The standard InChI is InChI=1S/C25H22N2O3S/c1-30-20-13-11-19(12-14-20)23(28)27-15-16-31-25(27)21-9-5-6-10-22(21)26(24(25)29)17-18-7-3-2-4-8-18/h2-14H,15-17H2,1H3. The Morgan fingerprint density at radius 1 is 1.00 bits per heavy atom. The third-order valence-corrected chi connectivity index (χ3v) is 7.29. The third kappa shape index (κ3) is 3.10. The first kappa shape index (κ1) is 19.7. The molecule has 3 aromatic rings. The third-order valence-electron chi connectivity index (χ3n) is 5.87. The number of nitrogens with zero attached hydrogens (tertiary/aromatic N) is 2. The van der Waals surface area contributed by atoms with Gasteiger partial charge in [0.2, 0.25) is 0 Å². The number of hydrogen-bond donors (Lipinski definition) is 0. The van der Waals surface area contributed by atoms with Gasteiger partial charge in [-0.1, -0.05) is 48.5 Å². The second kappa shape index (κ2) is 7.78. The summed E-state index contributed by atoms with van der Waals surface area (Å²) in [4.78, 5) is 30.0. The Kier molecular flexibility index (Phi) is 4.94. The van der Waals surface area contributed by atoms with E-state index < -0.39 is 4.87 Å². The number of carbonyl (C=O) groups is 2. The van der Waals surface area contributed by atoms with E-state index in [2.05, 4.69) is 0 Å². The first-order valence-corrected chi connectivity index (χ1v) is 11.2. The highest BCUT2D eigenvalue weighted by Gasteiger charge is 2.59. The van der Waals surface area contributed by atoms with Gasteiger partial charge in [0.25, 0.3) is 11.8 Å². The number of anilines is 1. The van der Waals surface area contributed by atoms with E-state index in [0.29, 0.717) is 30.2 Å². The second-order valence-electron chi connectivity index (χ2n) is 7.57. The Hall–Kier alpha value is -3.25. The quantitative estimate of drug-likeness (QED) is 0.620. The van der Waals surface area contributed by atoms with Crippen LogP contribution >= 0.6 is 11.8 Å². The van der Waals surface area contributed by atoms with Crippen molar-refractivity contribution in [3.05, 3.63) is 95.6 Å². The van der Waals surface area contributed by atoms with Crippen LogP contribution in [0.5, 0.6) is 5.75 Å². The molecule has 1 spiro atoms. The Labute approximate surface area is 185 Å². The van der Waals surface area contributed by atoms with Crippen LogP contribution in [0, 0.1) is 0 Å². The molecule has 0 bridgehead atoms. The summed E-state index contributed by atoms with van der Waals surface area (Å²) in [6.45, 7) is 0.998. The molecule has 1 atom stereocenters. The molecule has 0 saturated carbocycles. The lowest BCUT2D eigenvalue weighted by Gasteiger charge is -2.33. The Morgan fingerprint density at radius 3 is 2.45 bits per heavy atom. The number of methoxy groups -OCH3 is 1. The minimum atomic E-state index is -1.03. The first-order valence-electron chi connectivity index (χ1n) is 10.2. The number of hydrogen-bond acceptors (Lipinski definition) is 4. The van der Waals surface area contributed by atoms with Crippen molar-refractivity contribution in [2.45, 2.75) is 11.4 Å². The maximum absolute atomic E-state index is 13.9. The zero-order valence-electron chi connectivity index (χ0n) is 17.2. The Balaban J connectivity index is 1.55. The largest absolute Gasteiger partial charge is 0.497 e. The van der Waals surface area contributed by atoms with Crippen molar-refractivity contribution >= 4 is 29.3 Å². The van der Waals surface area contributed by atoms with Crippen molar-refractivity contribution < 1.29 is 14.3 Å². The molecule has 156 valence electrons. The lowest BCUT2D eigenvalue weighted by molar-refractivity contribution is -0.123. The number of para-hydroxylation sites is 1. The van der Waals surface area contributed by atoms with Crippen LogP contribution in [0.3, 0.4) is 0 Å². The van der Waals surface area contributed by atoms with Gasteiger partial charge in [0.15, 0.2) is 4.87 Å². The number of carbonyl (C=O) groups excluding carboxylic acids is 2. The Morgan fingerprint density at radius 2 is 1.71 bits per heavy atom. The molecule has 2 aliphatic heterocycles. The Bertz CT molecular complexity index is 1130. The molecular weight excluding hydrogens is 408 g/mol. The minimum absolute atomic E-state index is 0.0538. The van der Waals surface area contributed by atoms with Gasteiger partial charge in [0.1, 0.15) is 5.75 Å². The highest BCUT2D eigenvalue weighted by molar-refractivity contribution is 8.01. The van der Waals surface area contributed by atoms with E-state index in [0.717, 1.165) is 16.8 Å². The van der Waals surface area contributed by atoms with Crippen LogP contribution in [0.1, 0.15) is 21.5 Å². The van der Waals surface area contributed by atoms with Crippen molar-refractivity contribution in [1.82, 2.24) is 4.90 Å². The van der Waals surface area contributed by atoms with Gasteiger partial charge in [-0.05, 0) is 35.9 Å². The average Bonchev–Trinajstić information content (AvgIpc) is 3.37. The normalized spacial score (nSPS) is 19.7. The van der Waals surface area contributed by atoms with Crippen LogP contribution in [-0.2, 0) is 16.2 Å². The summed E-state index contributed by atoms with van der Waals surface area (Å²) in [5.74, 6) is 1.21. The van der Waals surface area contributed by atoms with E-state index in [4.69, 9.17) is 4.74 Å². The van der Waals surface area contributed by atoms with Crippen LogP contribution in [0.2, 0.25) is 0 Å². The fourth-order valence-corrected chi connectivity index (χ4v) is 5.84. The predicted octanol–water partition coefficient (Wildman–Crippen LogP) is 4.28. The number of benzene rings is 3. The van der Waals surface area contributed by atoms with E-state index in [1.807, 2.05) is 59.5 Å². The molecule has 2 amide bonds. The van der Waals surface area contributed by atoms with Gasteiger partial charge >= 0.3 is 0 Å². The summed E-state index contributed by atoms with van der Waals surface area (Å²) in [5.41, 5.74) is 3.37. The molecule has 0 aliphatic carbocycles. The van der Waals surface area contributed by atoms with Crippen LogP contribution in [0.4, 0.5) is 5.69 Å². The molecule has 1 fully saturated rings. The monoisotopic (exact) mass is 430 g/mol. The molecule has 1 saturated heterocycles. The molecule has 2 heterocycles. The van der Waals surface area contributed by atoms with Crippen LogP contribution in [0.15, 0.2) is 78.9 Å². The molecule has 6 heteroatoms. The number of rotatable bonds is 4. The summed E-state index contributed by atoms with van der Waals surface area (Å²) in [6, 6.07) is 24.8. The lowest BCUT2D eigenvalue weighted by Crippen LogP contribution is -2.50. The van der Waals surface area contributed by atoms with Gasteiger partial charge in [0, 0.05) is 23.4 Å². The molecule has 5 nitrogen and oxygen atoms in total. The topological polar surface area (TPSA) is 49.9 Å². The van der Waals surface area contributed by atoms with Gasteiger partial charge < -0.3 is 14.5 Å². The highest BCUT2D eigenvalue weighted by Crippen LogP contribution is 2.54. The fraction of sp³-hybridized carbons (Fsp3) is 0.200. The van der Waals surface area contributed by atoms with Crippen molar-refractivity contribution in [2.75, 3.05) is 24.3 Å². The van der Waals surface area contributed by atoms with Crippen LogP contribution in [0.25, 0.3) is 0 Å². The zero-order valence-corrected chi connectivity index (χ0v) is 18.0. The zero-order chi connectivity index (χ0) is 21.4. The van der Waals surface area contributed by atoms with E-state index in [-0.39, 0.29) is 11.8 Å². The molecule has 0 radical (unpaired) electrons. The summed E-state index contributed by atoms with van der Waals surface area (Å²) in [7, 11) is 1.60. The second-order valence-corrected chi connectivity index (χ2v) is 8.86. The maximum atomic E-state index is 13.9. The SMILES string of the molecule is COc1ccc(C(=O)N2CCSC23C(=O)N(Cc2ccccc2)c2ccccc23)cc1. The maximum Gasteiger partial charge on any atom is 0.268 e. The number of thioether (sulfide) groups is 1. The van der Waals surface area contributed by atoms with Gasteiger partial charge in [-0.15, -0.1) is 11.8 Å². The van der Waals surface area contributed by atoms with Crippen molar-refractivity contribution in [2.24, 2.45) is 0 Å². The molecular formula is C25H22N2O3S. The summed E-state index contributed by atoms with van der Waals surface area (Å²) in [6.07, 6.45) is 0. The van der Waals surface area contributed by atoms with Crippen LogP contribution < -0.4 is 9.64 Å². The molecule has 2 aliphatic rings. The fourth-order valence-electron chi connectivity index (χ4n) is 4.38. The first-order chi connectivity index (χ1) is 15.1. The van der Waals surface area contributed by atoms with Gasteiger partial charge in [0.05, 0.1) is 19.3 Å². The lowest BCUT2D eigenvalue weighted by atomic mass is 10.0. The average molecular weight is 431 g/mol. The molecule has 31 heavy (non-hydrogen) atoms. The molecule has 0 N–H and O–H groups in total. The molecule has 1 unspecified atom stereocenters. The molecule has 3 aromatic carbocycles. The van der Waals surface area contributed by atoms with Crippen molar-refractivity contribution in [3.8, 4) is 5.75 Å². The van der Waals surface area contributed by atoms with E-state index in [9.17, 15) is 9.59 Å². The predicted molar refractivity (Wildman–Crippen MR) is 122 cm³/mol.